The summed E-state index contributed by atoms with van der Waals surface area (Å²) < 4.78 is 0. The molecule has 1 heterocycles. The van der Waals surface area contributed by atoms with Gasteiger partial charge in [0.2, 0.25) is 0 Å². The Hall–Kier alpha value is 0.250. The van der Waals surface area contributed by atoms with Crippen LogP contribution in [-0.2, 0) is 0 Å². The molecule has 2 aliphatic rings. The molecule has 1 saturated carbocycles. The molecule has 0 amide bonds. The topological polar surface area (TPSA) is 4.44 Å². The van der Waals surface area contributed by atoms with Crippen molar-refractivity contribution in [3.8, 4) is 0 Å². The highest BCUT2D eigenvalue weighted by molar-refractivity contribution is 6.20. The van der Waals surface area contributed by atoms with Crippen molar-refractivity contribution >= 4 is 11.6 Å². The lowest BCUT2D eigenvalue weighted by Crippen LogP contribution is -3.14. The number of quaternary nitrogens is 1. The number of halogens is 1. The lowest BCUT2D eigenvalue weighted by atomic mass is 9.87. The Labute approximate surface area is 106 Å². The highest BCUT2D eigenvalue weighted by Gasteiger charge is 2.27. The quantitative estimate of drug-likeness (QED) is 0.728. The van der Waals surface area contributed by atoms with Crippen LogP contribution >= 0.6 is 11.6 Å². The van der Waals surface area contributed by atoms with Crippen LogP contribution in [0, 0.1) is 11.8 Å². The minimum absolute atomic E-state index is 0.482. The van der Waals surface area contributed by atoms with E-state index in [0.717, 1.165) is 11.8 Å². The molecule has 0 aromatic carbocycles. The first-order valence-corrected chi connectivity index (χ1v) is 7.69. The molecule has 0 radical (unpaired) electrons. The van der Waals surface area contributed by atoms with Crippen LogP contribution in [0.4, 0.5) is 0 Å². The maximum Gasteiger partial charge on any atom is 0.0799 e. The molecule has 2 rings (SSSR count). The van der Waals surface area contributed by atoms with Crippen LogP contribution in [0.15, 0.2) is 0 Å². The normalized spacial score (nSPS) is 40.9. The molecule has 2 unspecified atom stereocenters. The predicted octanol–water partition coefficient (Wildman–Crippen LogP) is 2.49. The SMILES string of the molecule is CCC1CCC[NH+](CC2CCC(Cl)CC2)C1. The van der Waals surface area contributed by atoms with Gasteiger partial charge in [-0.1, -0.05) is 6.92 Å². The van der Waals surface area contributed by atoms with Crippen molar-refractivity contribution in [2.24, 2.45) is 11.8 Å². The van der Waals surface area contributed by atoms with Crippen LogP contribution in [0.5, 0.6) is 0 Å². The fraction of sp³-hybridized carbons (Fsp3) is 1.00. The van der Waals surface area contributed by atoms with Gasteiger partial charge in [0.15, 0.2) is 0 Å². The summed E-state index contributed by atoms with van der Waals surface area (Å²) in [7, 11) is 0. The van der Waals surface area contributed by atoms with Crippen molar-refractivity contribution in [1.82, 2.24) is 0 Å². The van der Waals surface area contributed by atoms with E-state index < -0.39 is 0 Å². The standard InChI is InChI=1S/C14H26ClN/c1-2-12-4-3-9-16(10-12)11-13-5-7-14(15)8-6-13/h12-14H,2-11H2,1H3/p+1. The average molecular weight is 245 g/mol. The van der Waals surface area contributed by atoms with E-state index in [9.17, 15) is 0 Å². The van der Waals surface area contributed by atoms with E-state index in [0.29, 0.717) is 5.38 Å². The van der Waals surface area contributed by atoms with Gasteiger partial charge in [0.25, 0.3) is 0 Å². The zero-order valence-corrected chi connectivity index (χ0v) is 11.4. The Bertz CT molecular complexity index is 199. The molecule has 0 bridgehead atoms. The van der Waals surface area contributed by atoms with Gasteiger partial charge in [-0.25, -0.2) is 0 Å². The first-order chi connectivity index (χ1) is 7.78. The zero-order chi connectivity index (χ0) is 11.4. The summed E-state index contributed by atoms with van der Waals surface area (Å²) in [4.78, 5) is 1.89. The molecule has 94 valence electrons. The summed E-state index contributed by atoms with van der Waals surface area (Å²) in [6.45, 7) is 6.65. The summed E-state index contributed by atoms with van der Waals surface area (Å²) in [6.07, 6.45) is 9.61. The first kappa shape index (κ1) is 12.7. The van der Waals surface area contributed by atoms with Gasteiger partial charge in [-0.2, -0.15) is 0 Å². The Morgan fingerprint density at radius 3 is 2.50 bits per heavy atom. The number of nitrogens with one attached hydrogen (secondary N) is 1. The number of alkyl halides is 1. The molecule has 0 aromatic rings. The largest absolute Gasteiger partial charge is 0.334 e. The molecule has 1 aliphatic heterocycles. The maximum atomic E-state index is 6.16. The van der Waals surface area contributed by atoms with Crippen molar-refractivity contribution < 1.29 is 4.90 Å². The average Bonchev–Trinajstić information content (AvgIpc) is 2.32. The lowest BCUT2D eigenvalue weighted by molar-refractivity contribution is -0.912. The smallest absolute Gasteiger partial charge is 0.0799 e. The van der Waals surface area contributed by atoms with Crippen LogP contribution in [0.25, 0.3) is 0 Å². The Morgan fingerprint density at radius 2 is 1.81 bits per heavy atom. The van der Waals surface area contributed by atoms with E-state index in [1.165, 1.54) is 64.6 Å². The molecule has 2 fully saturated rings. The van der Waals surface area contributed by atoms with E-state index in [2.05, 4.69) is 6.92 Å². The lowest BCUT2D eigenvalue weighted by Gasteiger charge is -2.33. The summed E-state index contributed by atoms with van der Waals surface area (Å²) in [5.74, 6) is 1.98. The summed E-state index contributed by atoms with van der Waals surface area (Å²) >= 11 is 6.16. The molecule has 16 heavy (non-hydrogen) atoms. The molecule has 2 heteroatoms. The first-order valence-electron chi connectivity index (χ1n) is 7.25. The van der Waals surface area contributed by atoms with E-state index in [1.807, 2.05) is 4.90 Å². The van der Waals surface area contributed by atoms with E-state index in [-0.39, 0.29) is 0 Å². The van der Waals surface area contributed by atoms with E-state index in [4.69, 9.17) is 11.6 Å². The van der Waals surface area contributed by atoms with Gasteiger partial charge in [-0.15, -0.1) is 11.6 Å². The van der Waals surface area contributed by atoms with Crippen molar-refractivity contribution in [2.75, 3.05) is 19.6 Å². The molecule has 0 aromatic heterocycles. The van der Waals surface area contributed by atoms with Crippen molar-refractivity contribution in [3.63, 3.8) is 0 Å². The van der Waals surface area contributed by atoms with Gasteiger partial charge in [0, 0.05) is 17.2 Å². The molecule has 2 atom stereocenters. The molecule has 1 saturated heterocycles. The third-order valence-corrected chi connectivity index (χ3v) is 5.09. The Balaban J connectivity index is 1.72. The second kappa shape index (κ2) is 6.26. The van der Waals surface area contributed by atoms with Gasteiger partial charge >= 0.3 is 0 Å². The molecular weight excluding hydrogens is 218 g/mol. The Kier molecular flexibility index (Phi) is 4.97. The van der Waals surface area contributed by atoms with E-state index in [1.54, 1.807) is 0 Å². The van der Waals surface area contributed by atoms with Crippen LogP contribution in [-0.4, -0.2) is 25.0 Å². The minimum Gasteiger partial charge on any atom is -0.334 e. The third kappa shape index (κ3) is 3.63. The second-order valence-electron chi connectivity index (χ2n) is 5.94. The van der Waals surface area contributed by atoms with E-state index >= 15 is 0 Å². The molecule has 0 spiro atoms. The van der Waals surface area contributed by atoms with Gasteiger partial charge in [0.05, 0.1) is 19.6 Å². The van der Waals surface area contributed by atoms with Crippen LogP contribution in [0.1, 0.15) is 51.9 Å². The molecular formula is C14H27ClN+. The fourth-order valence-corrected chi connectivity index (χ4v) is 3.77. The van der Waals surface area contributed by atoms with Crippen molar-refractivity contribution in [3.05, 3.63) is 0 Å². The summed E-state index contributed by atoms with van der Waals surface area (Å²) in [5.41, 5.74) is 0. The van der Waals surface area contributed by atoms with Crippen LogP contribution in [0.3, 0.4) is 0 Å². The number of rotatable bonds is 3. The number of likely N-dealkylation sites (tertiary alicyclic amines) is 1. The highest BCUT2D eigenvalue weighted by atomic mass is 35.5. The summed E-state index contributed by atoms with van der Waals surface area (Å²) in [5, 5.41) is 0.482. The summed E-state index contributed by atoms with van der Waals surface area (Å²) in [6, 6.07) is 0. The number of hydrogen-bond donors (Lipinski definition) is 1. The van der Waals surface area contributed by atoms with Gasteiger partial charge in [0.1, 0.15) is 0 Å². The third-order valence-electron chi connectivity index (χ3n) is 4.65. The van der Waals surface area contributed by atoms with Crippen LogP contribution < -0.4 is 4.90 Å². The van der Waals surface area contributed by atoms with Crippen LogP contribution in [0.2, 0.25) is 0 Å². The molecule has 1 nitrogen and oxygen atoms in total. The fourth-order valence-electron chi connectivity index (χ4n) is 3.52. The second-order valence-corrected chi connectivity index (χ2v) is 6.56. The van der Waals surface area contributed by atoms with Crippen molar-refractivity contribution in [1.29, 1.82) is 0 Å². The highest BCUT2D eigenvalue weighted by Crippen LogP contribution is 2.26. The van der Waals surface area contributed by atoms with Crippen molar-refractivity contribution in [2.45, 2.75) is 57.2 Å². The zero-order valence-electron chi connectivity index (χ0n) is 10.7. The molecule has 1 N–H and O–H groups in total. The number of hydrogen-bond acceptors (Lipinski definition) is 0. The Morgan fingerprint density at radius 1 is 1.06 bits per heavy atom. The maximum absolute atomic E-state index is 6.16. The van der Waals surface area contributed by atoms with Gasteiger partial charge in [-0.3, -0.25) is 0 Å². The monoisotopic (exact) mass is 244 g/mol. The minimum atomic E-state index is 0.482. The van der Waals surface area contributed by atoms with Gasteiger partial charge in [-0.05, 0) is 44.9 Å². The molecule has 1 aliphatic carbocycles. The predicted molar refractivity (Wildman–Crippen MR) is 70.2 cm³/mol. The van der Waals surface area contributed by atoms with Gasteiger partial charge < -0.3 is 4.90 Å². The number of piperidine rings is 1.